The van der Waals surface area contributed by atoms with Crippen molar-refractivity contribution in [2.75, 3.05) is 43.2 Å². The third-order valence-electron chi connectivity index (χ3n) is 3.89. The molecule has 0 saturated carbocycles. The summed E-state index contributed by atoms with van der Waals surface area (Å²) in [4.78, 5) is 6.73. The van der Waals surface area contributed by atoms with Crippen molar-refractivity contribution in [3.8, 4) is 5.88 Å². The first-order valence-electron chi connectivity index (χ1n) is 8.58. The summed E-state index contributed by atoms with van der Waals surface area (Å²) in [7, 11) is 0. The lowest BCUT2D eigenvalue weighted by atomic mass is 10.2. The number of hydrogen-bond acceptors (Lipinski definition) is 6. The van der Waals surface area contributed by atoms with E-state index in [2.05, 4.69) is 39.5 Å². The predicted molar refractivity (Wildman–Crippen MR) is 101 cm³/mol. The molecule has 25 heavy (non-hydrogen) atoms. The second-order valence-corrected chi connectivity index (χ2v) is 5.87. The van der Waals surface area contributed by atoms with Gasteiger partial charge in [-0.25, -0.2) is 0 Å². The van der Waals surface area contributed by atoms with Crippen LogP contribution in [0.5, 0.6) is 5.88 Å². The first-order valence-corrected chi connectivity index (χ1v) is 8.58. The fourth-order valence-corrected chi connectivity index (χ4v) is 2.70. The van der Waals surface area contributed by atoms with Crippen molar-refractivity contribution in [1.29, 1.82) is 0 Å². The van der Waals surface area contributed by atoms with Gasteiger partial charge in [-0.1, -0.05) is 29.8 Å². The normalized spacial score (nSPS) is 14.7. The van der Waals surface area contributed by atoms with Crippen LogP contribution in [0.25, 0.3) is 0 Å². The lowest BCUT2D eigenvalue weighted by Crippen LogP contribution is -2.36. The minimum absolute atomic E-state index is 0.575. The molecule has 6 heteroatoms. The maximum atomic E-state index is 5.60. The molecule has 0 aliphatic carbocycles. The molecular formula is C19H24N4O2. The van der Waals surface area contributed by atoms with Gasteiger partial charge < -0.3 is 14.4 Å². The maximum absolute atomic E-state index is 5.60. The van der Waals surface area contributed by atoms with Crippen molar-refractivity contribution in [3.05, 3.63) is 47.5 Å². The lowest BCUT2D eigenvalue weighted by molar-refractivity contribution is 0.122. The summed E-state index contributed by atoms with van der Waals surface area (Å²) < 4.78 is 11.0. The van der Waals surface area contributed by atoms with Gasteiger partial charge in [0.15, 0.2) is 5.82 Å². The number of ether oxygens (including phenoxy) is 2. The van der Waals surface area contributed by atoms with E-state index in [1.54, 1.807) is 6.21 Å². The molecule has 0 radical (unpaired) electrons. The molecule has 1 aromatic carbocycles. The fourth-order valence-electron chi connectivity index (χ4n) is 2.70. The molecule has 0 atom stereocenters. The fraction of sp³-hybridized carbons (Fsp3) is 0.368. The Labute approximate surface area is 148 Å². The molecular weight excluding hydrogens is 316 g/mol. The zero-order valence-electron chi connectivity index (χ0n) is 14.7. The Morgan fingerprint density at radius 3 is 2.88 bits per heavy atom. The molecule has 0 unspecified atom stereocenters. The van der Waals surface area contributed by atoms with Crippen molar-refractivity contribution in [2.24, 2.45) is 5.10 Å². The largest absolute Gasteiger partial charge is 0.478 e. The topological polar surface area (TPSA) is 59.0 Å². The Hall–Kier alpha value is -2.60. The molecule has 2 heterocycles. The molecule has 3 rings (SSSR count). The standard InChI is InChI=1S/C19H24N4O2/c1-3-25-19-13-17(23-7-9-24-10-8-23)12-18(21-19)22-20-14-16-6-4-5-15(2)11-16/h4-6,11-14H,3,7-10H2,1-2H3,(H,21,22)/b20-14+. The average Bonchev–Trinajstić information content (AvgIpc) is 2.63. The Bertz CT molecular complexity index is 727. The van der Waals surface area contributed by atoms with Crippen molar-refractivity contribution in [1.82, 2.24) is 4.98 Å². The van der Waals surface area contributed by atoms with Gasteiger partial charge in [-0.05, 0) is 19.4 Å². The Morgan fingerprint density at radius 1 is 1.28 bits per heavy atom. The van der Waals surface area contributed by atoms with E-state index in [0.717, 1.165) is 37.6 Å². The predicted octanol–water partition coefficient (Wildman–Crippen LogP) is 3.07. The van der Waals surface area contributed by atoms with Gasteiger partial charge in [-0.2, -0.15) is 10.1 Å². The number of anilines is 2. The smallest absolute Gasteiger partial charge is 0.217 e. The molecule has 0 bridgehead atoms. The van der Waals surface area contributed by atoms with Crippen LogP contribution >= 0.6 is 0 Å². The van der Waals surface area contributed by atoms with E-state index in [9.17, 15) is 0 Å². The van der Waals surface area contributed by atoms with E-state index in [1.807, 2.05) is 31.2 Å². The molecule has 6 nitrogen and oxygen atoms in total. The number of pyridine rings is 1. The highest BCUT2D eigenvalue weighted by Crippen LogP contribution is 2.24. The molecule has 1 aliphatic rings. The monoisotopic (exact) mass is 340 g/mol. The highest BCUT2D eigenvalue weighted by Gasteiger charge is 2.14. The molecule has 0 spiro atoms. The minimum Gasteiger partial charge on any atom is -0.478 e. The molecule has 132 valence electrons. The van der Waals surface area contributed by atoms with Crippen molar-refractivity contribution in [3.63, 3.8) is 0 Å². The number of hydrazone groups is 1. The van der Waals surface area contributed by atoms with Crippen LogP contribution in [0.4, 0.5) is 11.5 Å². The van der Waals surface area contributed by atoms with Crippen LogP contribution in [0.2, 0.25) is 0 Å². The summed E-state index contributed by atoms with van der Waals surface area (Å²) >= 11 is 0. The number of morpholine rings is 1. The summed E-state index contributed by atoms with van der Waals surface area (Å²) in [5, 5.41) is 4.30. The van der Waals surface area contributed by atoms with Crippen LogP contribution in [0.1, 0.15) is 18.1 Å². The van der Waals surface area contributed by atoms with Gasteiger partial charge >= 0.3 is 0 Å². The molecule has 1 aliphatic heterocycles. The third-order valence-corrected chi connectivity index (χ3v) is 3.89. The van der Waals surface area contributed by atoms with E-state index in [4.69, 9.17) is 9.47 Å². The van der Waals surface area contributed by atoms with Gasteiger partial charge in [0.2, 0.25) is 5.88 Å². The van der Waals surface area contributed by atoms with Gasteiger partial charge in [-0.3, -0.25) is 5.43 Å². The highest BCUT2D eigenvalue weighted by molar-refractivity contribution is 5.80. The summed E-state index contributed by atoms with van der Waals surface area (Å²) in [6, 6.07) is 12.1. The Balaban J connectivity index is 1.75. The zero-order chi connectivity index (χ0) is 17.5. The van der Waals surface area contributed by atoms with E-state index in [-0.39, 0.29) is 0 Å². The van der Waals surface area contributed by atoms with Crippen molar-refractivity contribution >= 4 is 17.7 Å². The van der Waals surface area contributed by atoms with Gasteiger partial charge in [0.25, 0.3) is 0 Å². The highest BCUT2D eigenvalue weighted by atomic mass is 16.5. The molecule has 1 fully saturated rings. The first kappa shape index (κ1) is 17.2. The number of benzene rings is 1. The van der Waals surface area contributed by atoms with Crippen LogP contribution in [0.3, 0.4) is 0 Å². The quantitative estimate of drug-likeness (QED) is 0.647. The number of aromatic nitrogens is 1. The summed E-state index contributed by atoms with van der Waals surface area (Å²) in [5.41, 5.74) is 6.32. The minimum atomic E-state index is 0.575. The molecule has 1 N–H and O–H groups in total. The Kier molecular flexibility index (Phi) is 5.85. The van der Waals surface area contributed by atoms with Crippen molar-refractivity contribution in [2.45, 2.75) is 13.8 Å². The van der Waals surface area contributed by atoms with Gasteiger partial charge in [0, 0.05) is 30.9 Å². The second-order valence-electron chi connectivity index (χ2n) is 5.87. The number of hydrogen-bond donors (Lipinski definition) is 1. The van der Waals surface area contributed by atoms with E-state index in [0.29, 0.717) is 18.3 Å². The van der Waals surface area contributed by atoms with Crippen LogP contribution in [-0.2, 0) is 4.74 Å². The molecule has 1 saturated heterocycles. The molecule has 2 aromatic rings. The van der Waals surface area contributed by atoms with Crippen LogP contribution < -0.4 is 15.1 Å². The molecule has 0 amide bonds. The number of nitrogens with zero attached hydrogens (tertiary/aromatic N) is 3. The SMILES string of the molecule is CCOc1cc(N2CCOCC2)cc(N/N=C/c2cccc(C)c2)n1. The van der Waals surface area contributed by atoms with E-state index < -0.39 is 0 Å². The average molecular weight is 340 g/mol. The van der Waals surface area contributed by atoms with Crippen LogP contribution in [0.15, 0.2) is 41.5 Å². The maximum Gasteiger partial charge on any atom is 0.217 e. The van der Waals surface area contributed by atoms with E-state index >= 15 is 0 Å². The van der Waals surface area contributed by atoms with Crippen LogP contribution in [-0.4, -0.2) is 44.1 Å². The molecule has 1 aromatic heterocycles. The zero-order valence-corrected chi connectivity index (χ0v) is 14.7. The first-order chi connectivity index (χ1) is 12.2. The summed E-state index contributed by atoms with van der Waals surface area (Å²) in [6.07, 6.45) is 1.79. The number of rotatable bonds is 6. The summed E-state index contributed by atoms with van der Waals surface area (Å²) in [6.45, 7) is 7.79. The number of nitrogens with one attached hydrogen (secondary N) is 1. The second kappa shape index (κ2) is 8.48. The van der Waals surface area contributed by atoms with E-state index in [1.165, 1.54) is 5.56 Å². The third kappa shape index (κ3) is 4.93. The number of aryl methyl sites for hydroxylation is 1. The lowest BCUT2D eigenvalue weighted by Gasteiger charge is -2.29. The summed E-state index contributed by atoms with van der Waals surface area (Å²) in [5.74, 6) is 1.26. The van der Waals surface area contributed by atoms with Gasteiger partial charge in [0.1, 0.15) is 0 Å². The van der Waals surface area contributed by atoms with Gasteiger partial charge in [0.05, 0.1) is 26.0 Å². The van der Waals surface area contributed by atoms with Crippen molar-refractivity contribution < 1.29 is 9.47 Å². The van der Waals surface area contributed by atoms with Gasteiger partial charge in [-0.15, -0.1) is 0 Å². The van der Waals surface area contributed by atoms with Crippen LogP contribution in [0, 0.1) is 6.92 Å². The Morgan fingerprint density at radius 2 is 2.12 bits per heavy atom.